The molecule has 0 aliphatic heterocycles. The molecule has 0 aliphatic rings. The van der Waals surface area contributed by atoms with Crippen molar-refractivity contribution in [2.45, 2.75) is 11.7 Å². The van der Waals surface area contributed by atoms with Gasteiger partial charge in [0.25, 0.3) is 11.8 Å². The van der Waals surface area contributed by atoms with Crippen LogP contribution in [0.4, 0.5) is 0 Å². The summed E-state index contributed by atoms with van der Waals surface area (Å²) in [5.74, 6) is -0.995. The number of amides is 2. The molecule has 3 N–H and O–H groups in total. The highest BCUT2D eigenvalue weighted by molar-refractivity contribution is 9.11. The number of halogens is 1. The summed E-state index contributed by atoms with van der Waals surface area (Å²) in [6, 6.07) is 11.2. The van der Waals surface area contributed by atoms with E-state index in [1.165, 1.54) is 11.7 Å². The van der Waals surface area contributed by atoms with Crippen LogP contribution in [0.15, 0.2) is 40.2 Å². The van der Waals surface area contributed by atoms with Gasteiger partial charge >= 0.3 is 0 Å². The molecule has 0 spiro atoms. The van der Waals surface area contributed by atoms with E-state index in [-0.39, 0.29) is 18.9 Å². The Hall–Kier alpha value is -1.55. The van der Waals surface area contributed by atoms with Crippen LogP contribution in [-0.4, -0.2) is 39.3 Å². The summed E-state index contributed by atoms with van der Waals surface area (Å²) in [7, 11) is -1.44. The molecule has 134 valence electrons. The van der Waals surface area contributed by atoms with E-state index in [0.29, 0.717) is 5.56 Å². The highest BCUT2D eigenvalue weighted by Gasteiger charge is 2.21. The van der Waals surface area contributed by atoms with Crippen molar-refractivity contribution in [2.24, 2.45) is 0 Å². The van der Waals surface area contributed by atoms with Crippen molar-refractivity contribution >= 4 is 49.9 Å². The van der Waals surface area contributed by atoms with E-state index in [1.54, 1.807) is 23.5 Å². The number of hydrogen-bond acceptors (Lipinski definition) is 5. The van der Waals surface area contributed by atoms with Crippen LogP contribution in [0.3, 0.4) is 0 Å². The minimum absolute atomic E-state index is 0.169. The Kier molecular flexibility index (Phi) is 7.30. The van der Waals surface area contributed by atoms with Crippen molar-refractivity contribution in [3.8, 4) is 10.4 Å². The second kappa shape index (κ2) is 9.23. The van der Waals surface area contributed by atoms with E-state index in [1.807, 2.05) is 24.3 Å². The van der Waals surface area contributed by atoms with Crippen LogP contribution in [0.25, 0.3) is 10.4 Å². The third-order valence-electron chi connectivity index (χ3n) is 3.50. The maximum Gasteiger partial charge on any atom is 0.259 e. The predicted molar refractivity (Wildman–Crippen MR) is 102 cm³/mol. The van der Waals surface area contributed by atoms with E-state index in [2.05, 4.69) is 21.2 Å². The van der Waals surface area contributed by atoms with Crippen molar-refractivity contribution in [3.05, 3.63) is 45.7 Å². The quantitative estimate of drug-likeness (QED) is 0.451. The molecule has 6 nitrogen and oxygen atoms in total. The molecule has 0 aliphatic carbocycles. The number of thiophene rings is 1. The summed E-state index contributed by atoms with van der Waals surface area (Å²) in [6.07, 6.45) is 1.55. The standard InChI is InChI=1S/C16H17BrN2O4S2/c1-25(23)13(16(21)19-22)8-9-18-15(20)11-4-2-10(3-5-11)12-6-7-14(17)24-12/h2-7,13,22H,8-9H2,1H3,(H,18,20)(H,19,21). The number of hydrogen-bond donors (Lipinski definition) is 3. The van der Waals surface area contributed by atoms with Crippen LogP contribution in [-0.2, 0) is 15.6 Å². The fraction of sp³-hybridized carbons (Fsp3) is 0.250. The second-order valence-electron chi connectivity index (χ2n) is 5.19. The zero-order valence-corrected chi connectivity index (χ0v) is 16.5. The minimum atomic E-state index is -1.44. The molecule has 2 atom stereocenters. The summed E-state index contributed by atoms with van der Waals surface area (Å²) in [6.45, 7) is 0.177. The first kappa shape index (κ1) is 19.8. The molecule has 2 aromatic rings. The fourth-order valence-electron chi connectivity index (χ4n) is 2.19. The van der Waals surface area contributed by atoms with Gasteiger partial charge in [-0.15, -0.1) is 11.3 Å². The number of benzene rings is 1. The van der Waals surface area contributed by atoms with Crippen LogP contribution in [0, 0.1) is 0 Å². The summed E-state index contributed by atoms with van der Waals surface area (Å²) >= 11 is 5.03. The van der Waals surface area contributed by atoms with Crippen molar-refractivity contribution in [3.63, 3.8) is 0 Å². The van der Waals surface area contributed by atoms with Crippen LogP contribution in [0.2, 0.25) is 0 Å². The van der Waals surface area contributed by atoms with E-state index in [4.69, 9.17) is 5.21 Å². The van der Waals surface area contributed by atoms with Gasteiger partial charge in [-0.3, -0.25) is 19.0 Å². The van der Waals surface area contributed by atoms with Crippen molar-refractivity contribution < 1.29 is 19.0 Å². The minimum Gasteiger partial charge on any atom is -0.352 e. The summed E-state index contributed by atoms with van der Waals surface area (Å²) in [4.78, 5) is 24.6. The van der Waals surface area contributed by atoms with Gasteiger partial charge in [0.1, 0.15) is 5.25 Å². The van der Waals surface area contributed by atoms with Gasteiger partial charge in [-0.25, -0.2) is 5.48 Å². The highest BCUT2D eigenvalue weighted by Crippen LogP contribution is 2.31. The summed E-state index contributed by atoms with van der Waals surface area (Å²) < 4.78 is 12.5. The maximum atomic E-state index is 12.1. The van der Waals surface area contributed by atoms with Crippen molar-refractivity contribution in [2.75, 3.05) is 12.8 Å². The molecular formula is C16H17BrN2O4S2. The van der Waals surface area contributed by atoms with E-state index < -0.39 is 22.0 Å². The van der Waals surface area contributed by atoms with Gasteiger partial charge < -0.3 is 5.32 Å². The molecule has 1 heterocycles. The van der Waals surface area contributed by atoms with Gasteiger partial charge in [-0.1, -0.05) is 12.1 Å². The van der Waals surface area contributed by atoms with Crippen molar-refractivity contribution in [1.82, 2.24) is 10.8 Å². The Morgan fingerprint density at radius 1 is 1.24 bits per heavy atom. The largest absolute Gasteiger partial charge is 0.352 e. The average Bonchev–Trinajstić information content (AvgIpc) is 3.04. The smallest absolute Gasteiger partial charge is 0.259 e. The lowest BCUT2D eigenvalue weighted by atomic mass is 10.1. The average molecular weight is 445 g/mol. The Labute approximate surface area is 160 Å². The molecule has 9 heteroatoms. The van der Waals surface area contributed by atoms with Crippen LogP contribution < -0.4 is 10.8 Å². The molecule has 0 radical (unpaired) electrons. The molecule has 0 saturated carbocycles. The van der Waals surface area contributed by atoms with Gasteiger partial charge in [0.05, 0.1) is 3.79 Å². The Bertz CT molecular complexity index is 777. The first-order valence-electron chi connectivity index (χ1n) is 7.32. The summed E-state index contributed by atoms with van der Waals surface area (Å²) in [5.41, 5.74) is 3.01. The first-order chi connectivity index (χ1) is 11.9. The monoisotopic (exact) mass is 444 g/mol. The third-order valence-corrected chi connectivity index (χ3v) is 6.42. The SMILES string of the molecule is CS(=O)C(CCNC(=O)c1ccc(-c2ccc(Br)s2)cc1)C(=O)NO. The lowest BCUT2D eigenvalue weighted by molar-refractivity contribution is -0.128. The van der Waals surface area contributed by atoms with Gasteiger partial charge in [-0.05, 0) is 52.2 Å². The zero-order chi connectivity index (χ0) is 18.4. The molecule has 25 heavy (non-hydrogen) atoms. The van der Waals surface area contributed by atoms with Gasteiger partial charge in [-0.2, -0.15) is 0 Å². The maximum absolute atomic E-state index is 12.1. The van der Waals surface area contributed by atoms with Crippen LogP contribution in [0.5, 0.6) is 0 Å². The number of nitrogens with one attached hydrogen (secondary N) is 2. The van der Waals surface area contributed by atoms with Crippen LogP contribution in [0.1, 0.15) is 16.8 Å². The molecule has 0 saturated heterocycles. The van der Waals surface area contributed by atoms with E-state index in [0.717, 1.165) is 14.2 Å². The van der Waals surface area contributed by atoms with Crippen LogP contribution >= 0.6 is 27.3 Å². The fourth-order valence-corrected chi connectivity index (χ4v) is 4.39. The molecule has 1 aromatic carbocycles. The van der Waals surface area contributed by atoms with E-state index in [9.17, 15) is 13.8 Å². The van der Waals surface area contributed by atoms with Gasteiger partial charge in [0.2, 0.25) is 0 Å². The molecule has 0 fully saturated rings. The highest BCUT2D eigenvalue weighted by atomic mass is 79.9. The molecule has 1 aromatic heterocycles. The number of rotatable bonds is 7. The zero-order valence-electron chi connectivity index (χ0n) is 13.3. The van der Waals surface area contributed by atoms with Crippen molar-refractivity contribution in [1.29, 1.82) is 0 Å². The first-order valence-corrected chi connectivity index (χ1v) is 10.6. The third kappa shape index (κ3) is 5.46. The number of carbonyl (C=O) groups is 2. The topological polar surface area (TPSA) is 95.5 Å². The predicted octanol–water partition coefficient (Wildman–Crippen LogP) is 2.55. The normalized spacial score (nSPS) is 13.1. The van der Waals surface area contributed by atoms with Gasteiger partial charge in [0, 0.05) is 34.0 Å². The van der Waals surface area contributed by atoms with Gasteiger partial charge in [0.15, 0.2) is 0 Å². The molecule has 2 rings (SSSR count). The Morgan fingerprint density at radius 2 is 1.92 bits per heavy atom. The van der Waals surface area contributed by atoms with E-state index >= 15 is 0 Å². The molecule has 2 amide bonds. The second-order valence-corrected chi connectivity index (χ2v) is 9.22. The molecule has 2 unspecified atom stereocenters. The summed E-state index contributed by atoms with van der Waals surface area (Å²) in [5, 5.41) is 10.5. The number of hydroxylamine groups is 1. The molecular weight excluding hydrogens is 428 g/mol. The Balaban J connectivity index is 1.92. The number of carbonyl (C=O) groups excluding carboxylic acids is 2. The Morgan fingerprint density at radius 3 is 2.44 bits per heavy atom. The molecule has 0 bridgehead atoms. The lowest BCUT2D eigenvalue weighted by Crippen LogP contribution is -2.38. The lowest BCUT2D eigenvalue weighted by Gasteiger charge is -2.12.